The number of halogens is 3. The average Bonchev–Trinajstić information content (AvgIpc) is 2.35. The predicted molar refractivity (Wildman–Crippen MR) is 57.4 cm³/mol. The molecule has 0 aliphatic heterocycles. The van der Waals surface area contributed by atoms with E-state index in [2.05, 4.69) is 0 Å². The molecule has 0 N–H and O–H groups in total. The van der Waals surface area contributed by atoms with Crippen molar-refractivity contribution in [1.82, 2.24) is 0 Å². The lowest BCUT2D eigenvalue weighted by atomic mass is 10.0. The molecule has 0 saturated carbocycles. The van der Waals surface area contributed by atoms with E-state index < -0.39 is 17.5 Å². The van der Waals surface area contributed by atoms with Gasteiger partial charge in [0.2, 0.25) is 5.79 Å². The first-order valence-corrected chi connectivity index (χ1v) is 5.04. The molecule has 1 aromatic carbocycles. The van der Waals surface area contributed by atoms with Crippen LogP contribution in [-0.4, -0.2) is 14.2 Å². The van der Waals surface area contributed by atoms with Crippen molar-refractivity contribution >= 4 is 0 Å². The maximum Gasteiger partial charge on any atom is 0.416 e. The van der Waals surface area contributed by atoms with Gasteiger partial charge in [0.25, 0.3) is 0 Å². The first-order chi connectivity index (χ1) is 8.39. The molecule has 0 unspecified atom stereocenters. The molecule has 1 aromatic rings. The van der Waals surface area contributed by atoms with Gasteiger partial charge in [-0.25, -0.2) is 0 Å². The SMILES string of the molecule is COC(CC#N)(OC)c1ccc(C(F)(F)F)cc1. The van der Waals surface area contributed by atoms with Crippen LogP contribution >= 0.6 is 0 Å². The number of hydrogen-bond acceptors (Lipinski definition) is 3. The molecular formula is C12H12F3NO2. The smallest absolute Gasteiger partial charge is 0.348 e. The molecule has 0 atom stereocenters. The van der Waals surface area contributed by atoms with Gasteiger partial charge >= 0.3 is 6.18 Å². The van der Waals surface area contributed by atoms with Crippen molar-refractivity contribution in [3.63, 3.8) is 0 Å². The largest absolute Gasteiger partial charge is 0.416 e. The van der Waals surface area contributed by atoms with Gasteiger partial charge in [0.1, 0.15) is 0 Å². The van der Waals surface area contributed by atoms with Crippen LogP contribution in [0.4, 0.5) is 13.2 Å². The van der Waals surface area contributed by atoms with Crippen LogP contribution in [0.5, 0.6) is 0 Å². The highest BCUT2D eigenvalue weighted by molar-refractivity contribution is 5.28. The number of alkyl halides is 3. The van der Waals surface area contributed by atoms with Gasteiger partial charge in [-0.2, -0.15) is 18.4 Å². The molecule has 0 aromatic heterocycles. The molecule has 0 spiro atoms. The van der Waals surface area contributed by atoms with Crippen LogP contribution < -0.4 is 0 Å². The molecule has 0 amide bonds. The molecule has 0 saturated heterocycles. The minimum Gasteiger partial charge on any atom is -0.348 e. The minimum absolute atomic E-state index is 0.120. The minimum atomic E-state index is -4.39. The number of benzene rings is 1. The zero-order valence-electron chi connectivity index (χ0n) is 9.91. The third-order valence-corrected chi connectivity index (χ3v) is 2.62. The fourth-order valence-electron chi connectivity index (χ4n) is 1.58. The topological polar surface area (TPSA) is 42.2 Å². The van der Waals surface area contributed by atoms with E-state index in [0.29, 0.717) is 5.56 Å². The molecule has 1 rings (SSSR count). The van der Waals surface area contributed by atoms with E-state index in [1.807, 2.05) is 6.07 Å². The molecule has 0 heterocycles. The number of rotatable bonds is 4. The van der Waals surface area contributed by atoms with E-state index in [1.54, 1.807) is 0 Å². The molecule has 0 fully saturated rings. The van der Waals surface area contributed by atoms with E-state index in [-0.39, 0.29) is 6.42 Å². The molecule has 3 nitrogen and oxygen atoms in total. The van der Waals surface area contributed by atoms with Crippen molar-refractivity contribution in [2.24, 2.45) is 0 Å². The lowest BCUT2D eigenvalue weighted by molar-refractivity contribution is -0.212. The number of ether oxygens (including phenoxy) is 2. The van der Waals surface area contributed by atoms with Crippen molar-refractivity contribution in [3.8, 4) is 6.07 Å². The van der Waals surface area contributed by atoms with Crippen LogP contribution in [0.2, 0.25) is 0 Å². The van der Waals surface area contributed by atoms with E-state index in [9.17, 15) is 13.2 Å². The van der Waals surface area contributed by atoms with E-state index >= 15 is 0 Å². The zero-order chi connectivity index (χ0) is 13.8. The Labute approximate surface area is 103 Å². The Morgan fingerprint density at radius 2 is 1.50 bits per heavy atom. The van der Waals surface area contributed by atoms with Crippen LogP contribution in [0, 0.1) is 11.3 Å². The summed E-state index contributed by atoms with van der Waals surface area (Å²) in [7, 11) is 2.66. The molecule has 98 valence electrons. The molecule has 0 aliphatic rings. The van der Waals surface area contributed by atoms with Crippen LogP contribution in [0.15, 0.2) is 24.3 Å². The van der Waals surface area contributed by atoms with Crippen molar-refractivity contribution < 1.29 is 22.6 Å². The average molecular weight is 259 g/mol. The van der Waals surface area contributed by atoms with E-state index in [4.69, 9.17) is 14.7 Å². The Morgan fingerprint density at radius 3 is 1.83 bits per heavy atom. The quantitative estimate of drug-likeness (QED) is 0.780. The highest BCUT2D eigenvalue weighted by Crippen LogP contribution is 2.33. The Hall–Kier alpha value is -1.58. The molecule has 6 heteroatoms. The molecule has 0 radical (unpaired) electrons. The second-order valence-electron chi connectivity index (χ2n) is 3.57. The van der Waals surface area contributed by atoms with E-state index in [1.165, 1.54) is 26.4 Å². The number of nitriles is 1. The van der Waals surface area contributed by atoms with Crippen LogP contribution in [-0.2, 0) is 21.4 Å². The summed E-state index contributed by atoms with van der Waals surface area (Å²) in [6.45, 7) is 0. The van der Waals surface area contributed by atoms with Gasteiger partial charge in [-0.3, -0.25) is 0 Å². The van der Waals surface area contributed by atoms with Gasteiger partial charge in [0.05, 0.1) is 18.1 Å². The molecule has 0 bridgehead atoms. The van der Waals surface area contributed by atoms with Gasteiger partial charge < -0.3 is 9.47 Å². The van der Waals surface area contributed by atoms with Gasteiger partial charge in [0, 0.05) is 19.8 Å². The maximum atomic E-state index is 12.4. The number of methoxy groups -OCH3 is 2. The highest BCUT2D eigenvalue weighted by atomic mass is 19.4. The summed E-state index contributed by atoms with van der Waals surface area (Å²) in [4.78, 5) is 0. The van der Waals surface area contributed by atoms with Crippen molar-refractivity contribution in [1.29, 1.82) is 5.26 Å². The van der Waals surface area contributed by atoms with Crippen LogP contribution in [0.3, 0.4) is 0 Å². The zero-order valence-corrected chi connectivity index (χ0v) is 9.91. The summed E-state index contributed by atoms with van der Waals surface area (Å²) in [5, 5.41) is 8.72. The second kappa shape index (κ2) is 5.38. The molecule has 18 heavy (non-hydrogen) atoms. The summed E-state index contributed by atoms with van der Waals surface area (Å²) in [5.41, 5.74) is -0.397. The van der Waals surface area contributed by atoms with Gasteiger partial charge in [-0.1, -0.05) is 12.1 Å². The normalized spacial score (nSPS) is 12.2. The summed E-state index contributed by atoms with van der Waals surface area (Å²) in [5.74, 6) is -1.33. The van der Waals surface area contributed by atoms with E-state index in [0.717, 1.165) is 12.1 Å². The standard InChI is InChI=1S/C12H12F3NO2/c1-17-11(18-2,7-8-16)9-3-5-10(6-4-9)12(13,14)15/h3-6H,7H2,1-2H3. The predicted octanol–water partition coefficient (Wildman–Crippen LogP) is 3.06. The van der Waals surface area contributed by atoms with Crippen LogP contribution in [0.25, 0.3) is 0 Å². The summed E-state index contributed by atoms with van der Waals surface area (Å²) in [6, 6.07) is 6.23. The Kier molecular flexibility index (Phi) is 4.33. The first-order valence-electron chi connectivity index (χ1n) is 5.04. The van der Waals surface area contributed by atoms with Crippen LogP contribution in [0.1, 0.15) is 17.5 Å². The summed E-state index contributed by atoms with van der Waals surface area (Å²) in [6.07, 6.45) is -4.51. The summed E-state index contributed by atoms with van der Waals surface area (Å²) >= 11 is 0. The lowest BCUT2D eigenvalue weighted by Crippen LogP contribution is -2.30. The number of nitrogens with zero attached hydrogens (tertiary/aromatic N) is 1. The van der Waals surface area contributed by atoms with Crippen molar-refractivity contribution in [2.75, 3.05) is 14.2 Å². The fraction of sp³-hybridized carbons (Fsp3) is 0.417. The molecule has 0 aliphatic carbocycles. The van der Waals surface area contributed by atoms with Gasteiger partial charge in [-0.15, -0.1) is 0 Å². The highest BCUT2D eigenvalue weighted by Gasteiger charge is 2.34. The maximum absolute atomic E-state index is 12.4. The Morgan fingerprint density at radius 1 is 1.06 bits per heavy atom. The fourth-order valence-corrected chi connectivity index (χ4v) is 1.58. The van der Waals surface area contributed by atoms with Crippen molar-refractivity contribution in [3.05, 3.63) is 35.4 Å². The monoisotopic (exact) mass is 259 g/mol. The molecular weight excluding hydrogens is 247 g/mol. The van der Waals surface area contributed by atoms with Gasteiger partial charge in [-0.05, 0) is 12.1 Å². The Balaban J connectivity index is 3.13. The lowest BCUT2D eigenvalue weighted by Gasteiger charge is -2.29. The second-order valence-corrected chi connectivity index (χ2v) is 3.57. The summed E-state index contributed by atoms with van der Waals surface area (Å²) < 4.78 is 47.5. The van der Waals surface area contributed by atoms with Crippen molar-refractivity contribution in [2.45, 2.75) is 18.4 Å². The third-order valence-electron chi connectivity index (χ3n) is 2.62. The Bertz CT molecular complexity index is 430. The first kappa shape index (κ1) is 14.5. The third kappa shape index (κ3) is 2.81. The number of hydrogen-bond donors (Lipinski definition) is 0. The van der Waals surface area contributed by atoms with Gasteiger partial charge in [0.15, 0.2) is 0 Å².